The normalized spacial score (nSPS) is 11.9. The van der Waals surface area contributed by atoms with E-state index in [1.54, 1.807) is 0 Å². The Labute approximate surface area is 133 Å². The topological polar surface area (TPSA) is 20.3 Å². The predicted octanol–water partition coefficient (Wildman–Crippen LogP) is 4.84. The molecule has 0 amide bonds. The van der Waals surface area contributed by atoms with Crippen molar-refractivity contribution in [1.82, 2.24) is 0 Å². The van der Waals surface area contributed by atoms with Crippen LogP contribution in [0.25, 0.3) is 0 Å². The molecule has 0 aliphatic heterocycles. The van der Waals surface area contributed by atoms with Gasteiger partial charge in [-0.15, -0.1) is 0 Å². The van der Waals surface area contributed by atoms with Crippen LogP contribution in [-0.4, -0.2) is 11.8 Å². The molecule has 0 fully saturated rings. The summed E-state index contributed by atoms with van der Waals surface area (Å²) in [5.74, 6) is 0.338. The minimum Gasteiger partial charge on any atom is -0.357 e. The van der Waals surface area contributed by atoms with Crippen molar-refractivity contribution in [3.63, 3.8) is 0 Å². The minimum atomic E-state index is -0.0532. The Morgan fingerprint density at radius 2 is 1.55 bits per heavy atom. The molecule has 2 nitrogen and oxygen atoms in total. The summed E-state index contributed by atoms with van der Waals surface area (Å²) in [7, 11) is 0. The van der Waals surface area contributed by atoms with E-state index in [1.807, 2.05) is 36.4 Å². The number of ketones is 1. The molecule has 0 aliphatic rings. The Hall–Kier alpha value is -2.09. The molecule has 0 N–H and O–H groups in total. The van der Waals surface area contributed by atoms with Crippen molar-refractivity contribution in [3.8, 4) is 0 Å². The van der Waals surface area contributed by atoms with E-state index in [9.17, 15) is 4.79 Å². The van der Waals surface area contributed by atoms with E-state index < -0.39 is 0 Å². The fraction of sp³-hybridized carbons (Fsp3) is 0.350. The number of rotatable bonds is 8. The van der Waals surface area contributed by atoms with E-state index in [-0.39, 0.29) is 6.04 Å². The molecule has 2 heteroatoms. The van der Waals surface area contributed by atoms with Gasteiger partial charge in [0.05, 0.1) is 6.04 Å². The van der Waals surface area contributed by atoms with Crippen molar-refractivity contribution < 1.29 is 4.79 Å². The van der Waals surface area contributed by atoms with Crippen LogP contribution < -0.4 is 4.90 Å². The summed E-state index contributed by atoms with van der Waals surface area (Å²) in [6.45, 7) is 4.92. The third-order valence-corrected chi connectivity index (χ3v) is 3.91. The minimum absolute atomic E-state index is 0.0532. The maximum absolute atomic E-state index is 12.5. The average Bonchev–Trinajstić information content (AvgIpc) is 2.56. The highest BCUT2D eigenvalue weighted by atomic mass is 16.1. The molecule has 0 saturated heterocycles. The van der Waals surface area contributed by atoms with E-state index in [1.165, 1.54) is 5.56 Å². The molecule has 0 spiro atoms. The molecule has 2 rings (SSSR count). The van der Waals surface area contributed by atoms with Crippen molar-refractivity contribution in [2.75, 3.05) is 4.90 Å². The second-order valence-corrected chi connectivity index (χ2v) is 5.59. The maximum Gasteiger partial charge on any atom is 0.155 e. The number of para-hydroxylation sites is 1. The predicted molar refractivity (Wildman–Crippen MR) is 93.1 cm³/mol. The monoisotopic (exact) mass is 295 g/mol. The van der Waals surface area contributed by atoms with Crippen LogP contribution in [0.1, 0.15) is 38.7 Å². The molecule has 1 unspecified atom stereocenters. The zero-order chi connectivity index (χ0) is 15.8. The van der Waals surface area contributed by atoms with Crippen molar-refractivity contribution in [1.29, 1.82) is 0 Å². The zero-order valence-corrected chi connectivity index (χ0v) is 13.5. The number of nitrogens with zero attached hydrogens (tertiary/aromatic N) is 1. The highest BCUT2D eigenvalue weighted by molar-refractivity contribution is 5.87. The third-order valence-electron chi connectivity index (χ3n) is 3.91. The molecule has 0 heterocycles. The Balaban J connectivity index is 2.30. The highest BCUT2D eigenvalue weighted by Gasteiger charge is 2.23. The second kappa shape index (κ2) is 8.38. The van der Waals surface area contributed by atoms with Crippen LogP contribution in [0.4, 0.5) is 5.69 Å². The van der Waals surface area contributed by atoms with Crippen LogP contribution in [0.5, 0.6) is 0 Å². The quantitative estimate of drug-likeness (QED) is 0.694. The van der Waals surface area contributed by atoms with Gasteiger partial charge in [-0.05, 0) is 30.5 Å². The summed E-state index contributed by atoms with van der Waals surface area (Å²) < 4.78 is 0. The molecule has 116 valence electrons. The van der Waals surface area contributed by atoms with Crippen LogP contribution in [-0.2, 0) is 11.3 Å². The third kappa shape index (κ3) is 4.20. The maximum atomic E-state index is 12.5. The highest BCUT2D eigenvalue weighted by Crippen LogP contribution is 2.22. The van der Waals surface area contributed by atoms with Gasteiger partial charge in [0.15, 0.2) is 5.78 Å². The Morgan fingerprint density at radius 3 is 2.09 bits per heavy atom. The Morgan fingerprint density at radius 1 is 0.955 bits per heavy atom. The molecule has 0 bridgehead atoms. The number of Topliss-reactive ketones (excluding diaryl/α,β-unsaturated/α-hetero) is 1. The zero-order valence-electron chi connectivity index (χ0n) is 13.5. The molecule has 0 saturated carbocycles. The number of hydrogen-bond acceptors (Lipinski definition) is 2. The molecule has 1 atom stereocenters. The lowest BCUT2D eigenvalue weighted by atomic mass is 10.0. The van der Waals surface area contributed by atoms with Gasteiger partial charge in [-0.3, -0.25) is 4.79 Å². The smallest absolute Gasteiger partial charge is 0.155 e. The van der Waals surface area contributed by atoms with Crippen LogP contribution in [0.2, 0.25) is 0 Å². The molecule has 2 aromatic carbocycles. The Kier molecular flexibility index (Phi) is 6.20. The number of anilines is 1. The molecule has 0 aliphatic carbocycles. The van der Waals surface area contributed by atoms with Gasteiger partial charge in [-0.25, -0.2) is 0 Å². The summed E-state index contributed by atoms with van der Waals surface area (Å²) in [5.41, 5.74) is 2.34. The first-order chi connectivity index (χ1) is 10.8. The molecular weight excluding hydrogens is 270 g/mol. The van der Waals surface area contributed by atoms with Gasteiger partial charge in [0.2, 0.25) is 0 Å². The van der Waals surface area contributed by atoms with E-state index >= 15 is 0 Å². The number of carbonyl (C=O) groups is 1. The average molecular weight is 295 g/mol. The fourth-order valence-electron chi connectivity index (χ4n) is 2.82. The van der Waals surface area contributed by atoms with E-state index in [0.717, 1.165) is 25.1 Å². The van der Waals surface area contributed by atoms with Crippen molar-refractivity contribution in [2.24, 2.45) is 0 Å². The van der Waals surface area contributed by atoms with Gasteiger partial charge in [0, 0.05) is 18.7 Å². The van der Waals surface area contributed by atoms with Gasteiger partial charge in [-0.2, -0.15) is 0 Å². The first-order valence-corrected chi connectivity index (χ1v) is 8.14. The van der Waals surface area contributed by atoms with Gasteiger partial charge < -0.3 is 4.90 Å². The fourth-order valence-corrected chi connectivity index (χ4v) is 2.82. The molecular formula is C20H25NO. The summed E-state index contributed by atoms with van der Waals surface area (Å²) >= 11 is 0. The summed E-state index contributed by atoms with van der Waals surface area (Å²) in [4.78, 5) is 14.8. The molecule has 22 heavy (non-hydrogen) atoms. The first-order valence-electron chi connectivity index (χ1n) is 8.14. The van der Waals surface area contributed by atoms with Crippen LogP contribution >= 0.6 is 0 Å². The van der Waals surface area contributed by atoms with Crippen LogP contribution in [0.3, 0.4) is 0 Å². The summed E-state index contributed by atoms with van der Waals surface area (Å²) in [5, 5.41) is 0. The lowest BCUT2D eigenvalue weighted by molar-refractivity contribution is -0.120. The van der Waals surface area contributed by atoms with Crippen LogP contribution in [0.15, 0.2) is 60.7 Å². The lowest BCUT2D eigenvalue weighted by Gasteiger charge is -2.32. The largest absolute Gasteiger partial charge is 0.357 e. The van der Waals surface area contributed by atoms with Gasteiger partial charge >= 0.3 is 0 Å². The van der Waals surface area contributed by atoms with E-state index in [4.69, 9.17) is 0 Å². The molecule has 2 aromatic rings. The number of carbonyl (C=O) groups excluding carboxylic acids is 1. The first kappa shape index (κ1) is 16.3. The lowest BCUT2D eigenvalue weighted by Crippen LogP contribution is -2.40. The van der Waals surface area contributed by atoms with Crippen molar-refractivity contribution in [3.05, 3.63) is 66.2 Å². The van der Waals surface area contributed by atoms with E-state index in [2.05, 4.69) is 43.0 Å². The Bertz CT molecular complexity index is 565. The standard InChI is InChI=1S/C20H25NO/c1-3-11-20(22)19(4-2)21(18-14-9-6-10-15-18)16-17-12-7-5-8-13-17/h5-10,12-15,19H,3-4,11,16H2,1-2H3. The van der Waals surface area contributed by atoms with Crippen molar-refractivity contribution in [2.45, 2.75) is 45.7 Å². The number of benzene rings is 2. The van der Waals surface area contributed by atoms with Gasteiger partial charge in [0.25, 0.3) is 0 Å². The molecule has 0 radical (unpaired) electrons. The van der Waals surface area contributed by atoms with Crippen LogP contribution in [0, 0.1) is 0 Å². The van der Waals surface area contributed by atoms with Gasteiger partial charge in [0.1, 0.15) is 0 Å². The summed E-state index contributed by atoms with van der Waals surface area (Å²) in [6, 6.07) is 20.6. The number of hydrogen-bond donors (Lipinski definition) is 0. The second-order valence-electron chi connectivity index (χ2n) is 5.59. The summed E-state index contributed by atoms with van der Waals surface area (Å²) in [6.07, 6.45) is 2.39. The SMILES string of the molecule is CCCC(=O)C(CC)N(Cc1ccccc1)c1ccccc1. The van der Waals surface area contributed by atoms with Gasteiger partial charge in [-0.1, -0.05) is 62.4 Å². The van der Waals surface area contributed by atoms with Crippen molar-refractivity contribution >= 4 is 11.5 Å². The molecule has 0 aromatic heterocycles. The van der Waals surface area contributed by atoms with E-state index in [0.29, 0.717) is 12.2 Å².